The normalized spacial score (nSPS) is 12.1. The fourth-order valence-corrected chi connectivity index (χ4v) is 2.70. The Kier molecular flexibility index (Phi) is 4.55. The number of nitrogen functional groups attached to an aromatic ring is 1. The summed E-state index contributed by atoms with van der Waals surface area (Å²) in [7, 11) is 0. The minimum absolute atomic E-state index is 0.0408. The van der Waals surface area contributed by atoms with Crippen LogP contribution in [0.5, 0.6) is 0 Å². The molecule has 1 aromatic carbocycles. The molecule has 0 aliphatic carbocycles. The second kappa shape index (κ2) is 6.16. The van der Waals surface area contributed by atoms with Crippen molar-refractivity contribution in [2.45, 2.75) is 19.4 Å². The second-order valence-corrected chi connectivity index (χ2v) is 6.00. The van der Waals surface area contributed by atoms with Crippen molar-refractivity contribution in [2.24, 2.45) is 0 Å². The van der Waals surface area contributed by atoms with Crippen molar-refractivity contribution in [1.29, 1.82) is 0 Å². The number of carbonyl (C=O) groups is 1. The number of hydrogen-bond acceptors (Lipinski definition) is 4. The average molecular weight is 340 g/mol. The first-order valence-corrected chi connectivity index (χ1v) is 7.46. The number of nitrogens with one attached hydrogen (secondary N) is 1. The number of benzene rings is 1. The molecule has 19 heavy (non-hydrogen) atoms. The van der Waals surface area contributed by atoms with E-state index in [0.29, 0.717) is 10.8 Å². The van der Waals surface area contributed by atoms with Gasteiger partial charge in [0, 0.05) is 9.85 Å². The van der Waals surface area contributed by atoms with Crippen molar-refractivity contribution >= 4 is 38.3 Å². The summed E-state index contributed by atoms with van der Waals surface area (Å²) in [6.45, 7) is 1.95. The van der Waals surface area contributed by atoms with Gasteiger partial charge in [-0.05, 0) is 24.6 Å². The van der Waals surface area contributed by atoms with Crippen molar-refractivity contribution in [3.8, 4) is 0 Å². The molecule has 0 spiro atoms. The molecular formula is C13H14BrN3OS. The van der Waals surface area contributed by atoms with E-state index in [1.807, 2.05) is 31.2 Å². The van der Waals surface area contributed by atoms with E-state index in [1.165, 1.54) is 11.3 Å². The van der Waals surface area contributed by atoms with E-state index in [0.717, 1.165) is 10.0 Å². The number of carbonyl (C=O) groups excluding carboxylic acids is 1. The number of nitrogens with two attached hydrogens (primary N) is 1. The topological polar surface area (TPSA) is 68.0 Å². The van der Waals surface area contributed by atoms with Gasteiger partial charge in [0.2, 0.25) is 5.91 Å². The highest BCUT2D eigenvalue weighted by atomic mass is 79.9. The zero-order valence-electron chi connectivity index (χ0n) is 10.4. The summed E-state index contributed by atoms with van der Waals surface area (Å²) in [5.74, 6) is -0.0576. The Bertz CT molecular complexity index is 585. The van der Waals surface area contributed by atoms with Crippen LogP contribution in [0, 0.1) is 0 Å². The lowest BCUT2D eigenvalue weighted by atomic mass is 10.1. The zero-order chi connectivity index (χ0) is 13.8. The lowest BCUT2D eigenvalue weighted by Crippen LogP contribution is -2.28. The SMILES string of the molecule is CC(NC(=O)Cc1csc(N)n1)c1cccc(Br)c1. The maximum absolute atomic E-state index is 11.9. The monoisotopic (exact) mass is 339 g/mol. The molecule has 4 nitrogen and oxygen atoms in total. The van der Waals surface area contributed by atoms with Gasteiger partial charge in [-0.15, -0.1) is 11.3 Å². The molecule has 0 radical (unpaired) electrons. The summed E-state index contributed by atoms with van der Waals surface area (Å²) in [5, 5.41) is 5.24. The molecule has 0 aliphatic rings. The maximum Gasteiger partial charge on any atom is 0.226 e. The van der Waals surface area contributed by atoms with E-state index in [2.05, 4.69) is 26.2 Å². The Morgan fingerprint density at radius 1 is 1.58 bits per heavy atom. The molecule has 1 amide bonds. The summed E-state index contributed by atoms with van der Waals surface area (Å²) in [6.07, 6.45) is 0.256. The molecule has 100 valence electrons. The summed E-state index contributed by atoms with van der Waals surface area (Å²) in [4.78, 5) is 16.0. The molecule has 1 unspecified atom stereocenters. The van der Waals surface area contributed by atoms with Crippen molar-refractivity contribution < 1.29 is 4.79 Å². The number of halogens is 1. The van der Waals surface area contributed by atoms with Gasteiger partial charge in [-0.2, -0.15) is 0 Å². The predicted molar refractivity (Wildman–Crippen MR) is 80.9 cm³/mol. The molecule has 1 atom stereocenters. The van der Waals surface area contributed by atoms with Gasteiger partial charge in [-0.3, -0.25) is 4.79 Å². The van der Waals surface area contributed by atoms with Crippen LogP contribution in [0.1, 0.15) is 24.2 Å². The molecule has 0 bridgehead atoms. The summed E-state index contributed by atoms with van der Waals surface area (Å²) in [6, 6.07) is 7.84. The largest absolute Gasteiger partial charge is 0.375 e. The number of hydrogen-bond donors (Lipinski definition) is 2. The van der Waals surface area contributed by atoms with Gasteiger partial charge < -0.3 is 11.1 Å². The van der Waals surface area contributed by atoms with Gasteiger partial charge in [0.05, 0.1) is 18.2 Å². The number of nitrogens with zero attached hydrogens (tertiary/aromatic N) is 1. The first kappa shape index (κ1) is 14.0. The third-order valence-electron chi connectivity index (χ3n) is 2.64. The predicted octanol–water partition coefficient (Wildman–Crippen LogP) is 2.91. The van der Waals surface area contributed by atoms with Gasteiger partial charge in [0.25, 0.3) is 0 Å². The van der Waals surface area contributed by atoms with Crippen molar-refractivity contribution in [3.05, 3.63) is 45.4 Å². The summed E-state index contributed by atoms with van der Waals surface area (Å²) >= 11 is 4.76. The number of aromatic nitrogens is 1. The van der Waals surface area contributed by atoms with Gasteiger partial charge in [0.1, 0.15) is 0 Å². The quantitative estimate of drug-likeness (QED) is 0.899. The molecule has 3 N–H and O–H groups in total. The van der Waals surface area contributed by atoms with Crippen LogP contribution >= 0.6 is 27.3 Å². The number of thiazole rings is 1. The van der Waals surface area contributed by atoms with Crippen LogP contribution in [0.3, 0.4) is 0 Å². The van der Waals surface area contributed by atoms with Crippen LogP contribution in [0.25, 0.3) is 0 Å². The van der Waals surface area contributed by atoms with Crippen LogP contribution in [-0.2, 0) is 11.2 Å². The standard InChI is InChI=1S/C13H14BrN3OS/c1-8(9-3-2-4-10(14)5-9)16-12(18)6-11-7-19-13(15)17-11/h2-5,7-8H,6H2,1H3,(H2,15,17)(H,16,18). The molecule has 1 heterocycles. The van der Waals surface area contributed by atoms with E-state index in [-0.39, 0.29) is 18.4 Å². The minimum Gasteiger partial charge on any atom is -0.375 e. The molecular weight excluding hydrogens is 326 g/mol. The van der Waals surface area contributed by atoms with Crippen LogP contribution in [0.15, 0.2) is 34.1 Å². The molecule has 0 saturated carbocycles. The van der Waals surface area contributed by atoms with Crippen molar-refractivity contribution in [3.63, 3.8) is 0 Å². The molecule has 2 aromatic rings. The first-order valence-electron chi connectivity index (χ1n) is 5.79. The third-order valence-corrected chi connectivity index (χ3v) is 3.85. The Morgan fingerprint density at radius 2 is 2.37 bits per heavy atom. The Labute approximate surface area is 124 Å². The first-order chi connectivity index (χ1) is 9.04. The molecule has 2 rings (SSSR count). The highest BCUT2D eigenvalue weighted by Gasteiger charge is 2.11. The Morgan fingerprint density at radius 3 is 3.00 bits per heavy atom. The van der Waals surface area contributed by atoms with Crippen molar-refractivity contribution in [2.75, 3.05) is 5.73 Å². The van der Waals surface area contributed by atoms with Crippen LogP contribution < -0.4 is 11.1 Å². The van der Waals surface area contributed by atoms with Crippen LogP contribution in [-0.4, -0.2) is 10.9 Å². The lowest BCUT2D eigenvalue weighted by Gasteiger charge is -2.14. The molecule has 0 aliphatic heterocycles. The van der Waals surface area contributed by atoms with Crippen LogP contribution in [0.4, 0.5) is 5.13 Å². The lowest BCUT2D eigenvalue weighted by molar-refractivity contribution is -0.121. The zero-order valence-corrected chi connectivity index (χ0v) is 12.8. The number of anilines is 1. The Hall–Kier alpha value is -1.40. The summed E-state index contributed by atoms with van der Waals surface area (Å²) in [5.41, 5.74) is 7.30. The summed E-state index contributed by atoms with van der Waals surface area (Å²) < 4.78 is 0.998. The number of rotatable bonds is 4. The molecule has 6 heteroatoms. The second-order valence-electron chi connectivity index (χ2n) is 4.20. The fourth-order valence-electron chi connectivity index (χ4n) is 1.72. The minimum atomic E-state index is -0.0576. The van der Waals surface area contributed by atoms with Crippen molar-refractivity contribution in [1.82, 2.24) is 10.3 Å². The maximum atomic E-state index is 11.9. The highest BCUT2D eigenvalue weighted by molar-refractivity contribution is 9.10. The number of amides is 1. The molecule has 1 aromatic heterocycles. The fraction of sp³-hybridized carbons (Fsp3) is 0.231. The van der Waals surface area contributed by atoms with Gasteiger partial charge in [0.15, 0.2) is 5.13 Å². The van der Waals surface area contributed by atoms with E-state index in [9.17, 15) is 4.79 Å². The smallest absolute Gasteiger partial charge is 0.226 e. The highest BCUT2D eigenvalue weighted by Crippen LogP contribution is 2.18. The van der Waals surface area contributed by atoms with Gasteiger partial charge >= 0.3 is 0 Å². The Balaban J connectivity index is 1.95. The average Bonchev–Trinajstić information content (AvgIpc) is 2.74. The van der Waals surface area contributed by atoms with E-state index < -0.39 is 0 Å². The van der Waals surface area contributed by atoms with E-state index >= 15 is 0 Å². The van der Waals surface area contributed by atoms with E-state index in [1.54, 1.807) is 5.38 Å². The molecule has 0 fully saturated rings. The van der Waals surface area contributed by atoms with Gasteiger partial charge in [-0.25, -0.2) is 4.98 Å². The van der Waals surface area contributed by atoms with Crippen LogP contribution in [0.2, 0.25) is 0 Å². The molecule has 0 saturated heterocycles. The van der Waals surface area contributed by atoms with E-state index in [4.69, 9.17) is 5.73 Å². The third kappa shape index (κ3) is 4.04. The van der Waals surface area contributed by atoms with Gasteiger partial charge in [-0.1, -0.05) is 28.1 Å².